The molecule has 0 fully saturated rings. The van der Waals surface area contributed by atoms with E-state index in [1.54, 1.807) is 0 Å². The molecule has 2 N–H and O–H groups in total. The Labute approximate surface area is 129 Å². The zero-order chi connectivity index (χ0) is 16.3. The quantitative estimate of drug-likeness (QED) is 0.359. The summed E-state index contributed by atoms with van der Waals surface area (Å²) >= 11 is 0. The van der Waals surface area contributed by atoms with Crippen LogP contribution in [-0.2, 0) is 14.6 Å². The first-order chi connectivity index (χ1) is 9.74. The number of hydrogen-bond donors (Lipinski definition) is 2. The summed E-state index contributed by atoms with van der Waals surface area (Å²) in [5.41, 5.74) is 0. The van der Waals surface area contributed by atoms with E-state index in [4.69, 9.17) is 4.74 Å². The maximum absolute atomic E-state index is 11.2. The third-order valence-corrected chi connectivity index (χ3v) is 3.65. The van der Waals surface area contributed by atoms with E-state index in [0.29, 0.717) is 19.6 Å². The van der Waals surface area contributed by atoms with Crippen molar-refractivity contribution in [3.05, 3.63) is 0 Å². The molecular formula is C14H31N3O3S. The SMILES string of the molecule is CCNC(=NCCCOC(C)C)NC(C)CCS(C)(=O)=O. The van der Waals surface area contributed by atoms with E-state index in [1.807, 2.05) is 27.7 Å². The number of aliphatic imine (C=N–C) groups is 1. The molecular weight excluding hydrogens is 290 g/mol. The van der Waals surface area contributed by atoms with Crippen LogP contribution in [0.15, 0.2) is 4.99 Å². The first kappa shape index (κ1) is 20.2. The van der Waals surface area contributed by atoms with Crippen molar-refractivity contribution in [1.29, 1.82) is 0 Å². The van der Waals surface area contributed by atoms with Crippen molar-refractivity contribution < 1.29 is 13.2 Å². The number of hydrogen-bond acceptors (Lipinski definition) is 4. The van der Waals surface area contributed by atoms with Crippen LogP contribution in [0.3, 0.4) is 0 Å². The highest BCUT2D eigenvalue weighted by Crippen LogP contribution is 1.96. The Morgan fingerprint density at radius 1 is 1.29 bits per heavy atom. The summed E-state index contributed by atoms with van der Waals surface area (Å²) in [6, 6.07) is 0.0597. The summed E-state index contributed by atoms with van der Waals surface area (Å²) in [7, 11) is -2.92. The maximum atomic E-state index is 11.2. The molecule has 7 heteroatoms. The minimum atomic E-state index is -2.92. The van der Waals surface area contributed by atoms with E-state index in [9.17, 15) is 8.42 Å². The van der Waals surface area contributed by atoms with Gasteiger partial charge in [0.1, 0.15) is 9.84 Å². The minimum Gasteiger partial charge on any atom is -0.379 e. The first-order valence-electron chi connectivity index (χ1n) is 7.58. The maximum Gasteiger partial charge on any atom is 0.191 e. The van der Waals surface area contributed by atoms with E-state index in [0.717, 1.165) is 18.9 Å². The van der Waals surface area contributed by atoms with E-state index in [-0.39, 0.29) is 17.9 Å². The third kappa shape index (κ3) is 13.9. The predicted octanol–water partition coefficient (Wildman–Crippen LogP) is 1.18. The number of rotatable bonds is 10. The molecule has 0 saturated heterocycles. The lowest BCUT2D eigenvalue weighted by Crippen LogP contribution is -2.43. The van der Waals surface area contributed by atoms with E-state index in [2.05, 4.69) is 15.6 Å². The molecule has 0 aliphatic rings. The van der Waals surface area contributed by atoms with Gasteiger partial charge in [0.05, 0.1) is 11.9 Å². The molecule has 0 amide bonds. The van der Waals surface area contributed by atoms with Crippen molar-refractivity contribution in [2.45, 2.75) is 52.7 Å². The molecule has 0 heterocycles. The highest BCUT2D eigenvalue weighted by Gasteiger charge is 2.09. The van der Waals surface area contributed by atoms with Gasteiger partial charge in [-0.25, -0.2) is 8.42 Å². The van der Waals surface area contributed by atoms with Crippen LogP contribution in [0.2, 0.25) is 0 Å². The fourth-order valence-corrected chi connectivity index (χ4v) is 2.37. The van der Waals surface area contributed by atoms with Gasteiger partial charge in [-0.2, -0.15) is 0 Å². The highest BCUT2D eigenvalue weighted by atomic mass is 32.2. The van der Waals surface area contributed by atoms with E-state index >= 15 is 0 Å². The standard InChI is InChI=1S/C14H31N3O3S/c1-6-15-14(16-9-7-10-20-12(2)3)17-13(4)8-11-21(5,18)19/h12-13H,6-11H2,1-5H3,(H2,15,16,17). The molecule has 126 valence electrons. The summed E-state index contributed by atoms with van der Waals surface area (Å²) < 4.78 is 27.8. The minimum absolute atomic E-state index is 0.0597. The van der Waals surface area contributed by atoms with Gasteiger partial charge in [0.25, 0.3) is 0 Å². The largest absolute Gasteiger partial charge is 0.379 e. The van der Waals surface area contributed by atoms with Crippen LogP contribution in [0.4, 0.5) is 0 Å². The topological polar surface area (TPSA) is 79.8 Å². The second-order valence-corrected chi connectivity index (χ2v) is 7.76. The molecule has 0 aromatic heterocycles. The second kappa shape index (κ2) is 10.8. The Morgan fingerprint density at radius 2 is 1.95 bits per heavy atom. The second-order valence-electron chi connectivity index (χ2n) is 5.50. The predicted molar refractivity (Wildman–Crippen MR) is 88.6 cm³/mol. The number of guanidine groups is 1. The molecule has 0 rings (SSSR count). The number of nitrogens with one attached hydrogen (secondary N) is 2. The summed E-state index contributed by atoms with van der Waals surface area (Å²) in [5, 5.41) is 6.38. The van der Waals surface area contributed by atoms with Crippen molar-refractivity contribution in [1.82, 2.24) is 10.6 Å². The molecule has 6 nitrogen and oxygen atoms in total. The number of nitrogens with zero attached hydrogens (tertiary/aromatic N) is 1. The normalized spacial score (nSPS) is 14.3. The van der Waals surface area contributed by atoms with Crippen molar-refractivity contribution in [2.75, 3.05) is 31.7 Å². The average molecular weight is 321 g/mol. The molecule has 0 aromatic carbocycles. The molecule has 0 radical (unpaired) electrons. The van der Waals surface area contributed by atoms with Crippen LogP contribution < -0.4 is 10.6 Å². The Balaban J connectivity index is 4.15. The summed E-state index contributed by atoms with van der Waals surface area (Å²) in [4.78, 5) is 4.46. The van der Waals surface area contributed by atoms with Gasteiger partial charge < -0.3 is 15.4 Å². The monoisotopic (exact) mass is 321 g/mol. The van der Waals surface area contributed by atoms with Crippen LogP contribution >= 0.6 is 0 Å². The zero-order valence-electron chi connectivity index (χ0n) is 14.0. The van der Waals surface area contributed by atoms with Crippen LogP contribution in [-0.4, -0.2) is 58.2 Å². The van der Waals surface area contributed by atoms with Crippen molar-refractivity contribution >= 4 is 15.8 Å². The molecule has 0 saturated carbocycles. The lowest BCUT2D eigenvalue weighted by molar-refractivity contribution is 0.0782. The van der Waals surface area contributed by atoms with Gasteiger partial charge in [0, 0.05) is 32.0 Å². The van der Waals surface area contributed by atoms with Gasteiger partial charge in [-0.15, -0.1) is 0 Å². The first-order valence-corrected chi connectivity index (χ1v) is 9.64. The third-order valence-electron chi connectivity index (χ3n) is 2.67. The van der Waals surface area contributed by atoms with Gasteiger partial charge in [0.15, 0.2) is 5.96 Å². The fraction of sp³-hybridized carbons (Fsp3) is 0.929. The van der Waals surface area contributed by atoms with Crippen LogP contribution in [0, 0.1) is 0 Å². The molecule has 0 spiro atoms. The van der Waals surface area contributed by atoms with Gasteiger partial charge in [-0.1, -0.05) is 0 Å². The zero-order valence-corrected chi connectivity index (χ0v) is 14.8. The molecule has 0 bridgehead atoms. The lowest BCUT2D eigenvalue weighted by atomic mass is 10.3. The van der Waals surface area contributed by atoms with Crippen molar-refractivity contribution in [2.24, 2.45) is 4.99 Å². The van der Waals surface area contributed by atoms with Gasteiger partial charge >= 0.3 is 0 Å². The molecule has 1 atom stereocenters. The number of ether oxygens (including phenoxy) is 1. The van der Waals surface area contributed by atoms with Crippen molar-refractivity contribution in [3.8, 4) is 0 Å². The Kier molecular flexibility index (Phi) is 10.4. The van der Waals surface area contributed by atoms with Crippen LogP contribution in [0.25, 0.3) is 0 Å². The molecule has 0 aromatic rings. The molecule has 1 unspecified atom stereocenters. The van der Waals surface area contributed by atoms with Crippen molar-refractivity contribution in [3.63, 3.8) is 0 Å². The molecule has 21 heavy (non-hydrogen) atoms. The van der Waals surface area contributed by atoms with E-state index in [1.165, 1.54) is 6.26 Å². The fourth-order valence-electron chi connectivity index (χ4n) is 1.59. The lowest BCUT2D eigenvalue weighted by Gasteiger charge is -2.17. The van der Waals surface area contributed by atoms with Crippen LogP contribution in [0.5, 0.6) is 0 Å². The Hall–Kier alpha value is -0.820. The Morgan fingerprint density at radius 3 is 2.48 bits per heavy atom. The number of sulfone groups is 1. The average Bonchev–Trinajstić information content (AvgIpc) is 2.35. The van der Waals surface area contributed by atoms with Crippen LogP contribution in [0.1, 0.15) is 40.5 Å². The van der Waals surface area contributed by atoms with Gasteiger partial charge in [-0.3, -0.25) is 4.99 Å². The summed E-state index contributed by atoms with van der Waals surface area (Å²) in [6.07, 6.45) is 2.94. The highest BCUT2D eigenvalue weighted by molar-refractivity contribution is 7.90. The van der Waals surface area contributed by atoms with Gasteiger partial charge in [0.2, 0.25) is 0 Å². The molecule has 0 aliphatic heterocycles. The smallest absolute Gasteiger partial charge is 0.191 e. The Bertz CT molecular complexity index is 394. The van der Waals surface area contributed by atoms with E-state index < -0.39 is 9.84 Å². The summed E-state index contributed by atoms with van der Waals surface area (Å²) in [6.45, 7) is 10.1. The molecule has 0 aliphatic carbocycles. The summed E-state index contributed by atoms with van der Waals surface area (Å²) in [5.74, 6) is 0.908. The van der Waals surface area contributed by atoms with Gasteiger partial charge in [-0.05, 0) is 40.5 Å².